The molecule has 0 bridgehead atoms. The Labute approximate surface area is 253 Å². The number of cyclic esters (lactones) is 1. The summed E-state index contributed by atoms with van der Waals surface area (Å²) < 4.78 is 12.1. The molecule has 0 saturated carbocycles. The van der Waals surface area contributed by atoms with Crippen LogP contribution in [0.15, 0.2) is 78.9 Å². The van der Waals surface area contributed by atoms with Gasteiger partial charge in [-0.3, -0.25) is 19.2 Å². The molecule has 2 aromatic carbocycles. The van der Waals surface area contributed by atoms with E-state index in [-0.39, 0.29) is 32.7 Å². The van der Waals surface area contributed by atoms with Gasteiger partial charge in [0.2, 0.25) is 11.8 Å². The number of halogens is 1. The number of likely N-dealkylation sites (tertiary alicyclic amines) is 1. The van der Waals surface area contributed by atoms with Crippen molar-refractivity contribution >= 4 is 41.0 Å². The molecule has 11 heteroatoms. The SMILES string of the molecule is O=C1CC/C=C\[C@@H]2O[C@@]34C=CCN(c5ccccc5Cl)C(=O)[C@@H]3N(CCO)C(=O)[C@H]4[C@@H]2C(=O)N[C@@H](c2ccccc2)CO1. The predicted octanol–water partition coefficient (Wildman–Crippen LogP) is 2.57. The van der Waals surface area contributed by atoms with E-state index in [0.29, 0.717) is 17.1 Å². The van der Waals surface area contributed by atoms with E-state index < -0.39 is 59.3 Å². The van der Waals surface area contributed by atoms with Crippen molar-refractivity contribution in [1.29, 1.82) is 0 Å². The monoisotopic (exact) mass is 605 g/mol. The third-order valence-corrected chi connectivity index (χ3v) is 8.87. The highest BCUT2D eigenvalue weighted by Gasteiger charge is 2.71. The zero-order valence-corrected chi connectivity index (χ0v) is 24.1. The van der Waals surface area contributed by atoms with Gasteiger partial charge in [0.15, 0.2) is 0 Å². The number of rotatable bonds is 4. The number of allylic oxidation sites excluding steroid dienone is 1. The van der Waals surface area contributed by atoms with Gasteiger partial charge < -0.3 is 29.7 Å². The van der Waals surface area contributed by atoms with Crippen LogP contribution < -0.4 is 10.2 Å². The average molecular weight is 606 g/mol. The van der Waals surface area contributed by atoms with Gasteiger partial charge in [0.25, 0.3) is 5.91 Å². The first-order valence-corrected chi connectivity index (χ1v) is 14.7. The Hall–Kier alpha value is -3.99. The maximum Gasteiger partial charge on any atom is 0.306 e. The third-order valence-electron chi connectivity index (χ3n) is 8.55. The van der Waals surface area contributed by atoms with Crippen LogP contribution in [0.1, 0.15) is 24.4 Å². The van der Waals surface area contributed by atoms with Crippen LogP contribution in [0, 0.1) is 11.8 Å². The Morgan fingerprint density at radius 2 is 1.77 bits per heavy atom. The lowest BCUT2D eigenvalue weighted by atomic mass is 9.77. The lowest BCUT2D eigenvalue weighted by molar-refractivity contribution is -0.146. The average Bonchev–Trinajstić information content (AvgIpc) is 3.38. The summed E-state index contributed by atoms with van der Waals surface area (Å²) in [5.74, 6) is -3.79. The number of benzene rings is 2. The normalized spacial score (nSPS) is 31.6. The number of para-hydroxylation sites is 1. The summed E-state index contributed by atoms with van der Waals surface area (Å²) >= 11 is 6.48. The van der Waals surface area contributed by atoms with Crippen LogP contribution in [-0.4, -0.2) is 77.7 Å². The summed E-state index contributed by atoms with van der Waals surface area (Å²) in [6.07, 6.45) is 6.55. The lowest BCUT2D eigenvalue weighted by Gasteiger charge is -2.35. The summed E-state index contributed by atoms with van der Waals surface area (Å²) in [5.41, 5.74) is -0.266. The summed E-state index contributed by atoms with van der Waals surface area (Å²) in [5, 5.41) is 13.3. The molecule has 10 nitrogen and oxygen atoms in total. The van der Waals surface area contributed by atoms with Gasteiger partial charge in [-0.1, -0.05) is 78.4 Å². The fourth-order valence-electron chi connectivity index (χ4n) is 6.67. The summed E-state index contributed by atoms with van der Waals surface area (Å²) in [6.45, 7) is -0.399. The van der Waals surface area contributed by atoms with E-state index in [1.807, 2.05) is 30.3 Å². The molecule has 0 aromatic heterocycles. The molecule has 4 aliphatic heterocycles. The van der Waals surface area contributed by atoms with Gasteiger partial charge in [0, 0.05) is 19.5 Å². The Morgan fingerprint density at radius 3 is 2.53 bits per heavy atom. The fraction of sp³-hybridized carbons (Fsp3) is 0.375. The van der Waals surface area contributed by atoms with Gasteiger partial charge in [0.05, 0.1) is 41.3 Å². The van der Waals surface area contributed by atoms with Gasteiger partial charge in [-0.05, 0) is 24.1 Å². The highest BCUT2D eigenvalue weighted by Crippen LogP contribution is 2.53. The Bertz CT molecular complexity index is 1480. The third kappa shape index (κ3) is 5.13. The number of nitrogens with one attached hydrogen (secondary N) is 1. The second-order valence-corrected chi connectivity index (χ2v) is 11.4. The van der Waals surface area contributed by atoms with E-state index in [4.69, 9.17) is 21.1 Å². The van der Waals surface area contributed by atoms with Crippen molar-refractivity contribution in [3.05, 3.63) is 89.5 Å². The van der Waals surface area contributed by atoms with E-state index in [2.05, 4.69) is 5.32 Å². The molecule has 4 aliphatic rings. The second kappa shape index (κ2) is 11.9. The first-order valence-electron chi connectivity index (χ1n) is 14.4. The van der Waals surface area contributed by atoms with Gasteiger partial charge in [-0.2, -0.15) is 0 Å². The van der Waals surface area contributed by atoms with Gasteiger partial charge in [0.1, 0.15) is 18.2 Å². The highest BCUT2D eigenvalue weighted by molar-refractivity contribution is 6.34. The number of fused-ring (bicyclic) bond motifs is 2. The van der Waals surface area contributed by atoms with Crippen molar-refractivity contribution in [1.82, 2.24) is 10.2 Å². The molecule has 2 saturated heterocycles. The summed E-state index contributed by atoms with van der Waals surface area (Å²) in [7, 11) is 0. The number of anilines is 1. The van der Waals surface area contributed by atoms with Crippen molar-refractivity contribution in [3.63, 3.8) is 0 Å². The largest absolute Gasteiger partial charge is 0.463 e. The standard InChI is InChI=1S/C32H32ClN3O7/c33-21-11-4-5-12-23(21)35-16-8-15-32-27(30(40)36(17-18-37)28(32)31(35)41)26-24(43-32)13-6-7-14-25(38)42-19-22(34-29(26)39)20-9-2-1-3-10-20/h1-6,8-13,15,22,24,26-28,37H,7,14,16-19H2,(H,34,39)/b13-6-/t22-,24+,26-,27-,28+,32-/m1/s1. The molecule has 0 unspecified atom stereocenters. The molecule has 1 spiro atoms. The first-order chi connectivity index (χ1) is 20.9. The fourth-order valence-corrected chi connectivity index (χ4v) is 6.91. The van der Waals surface area contributed by atoms with E-state index >= 15 is 0 Å². The molecule has 43 heavy (non-hydrogen) atoms. The quantitative estimate of drug-likeness (QED) is 0.405. The topological polar surface area (TPSA) is 125 Å². The first kappa shape index (κ1) is 29.1. The predicted molar refractivity (Wildman–Crippen MR) is 157 cm³/mol. The van der Waals surface area contributed by atoms with Crippen LogP contribution in [0.5, 0.6) is 0 Å². The zero-order valence-electron chi connectivity index (χ0n) is 23.3. The molecule has 6 rings (SSSR count). The molecule has 2 aromatic rings. The van der Waals surface area contributed by atoms with E-state index in [1.54, 1.807) is 48.6 Å². The number of carbonyl (C=O) groups excluding carboxylic acids is 4. The molecule has 4 heterocycles. The molecule has 0 radical (unpaired) electrons. The number of hydrogen-bond acceptors (Lipinski definition) is 7. The molecule has 3 amide bonds. The summed E-state index contributed by atoms with van der Waals surface area (Å²) in [6, 6.07) is 14.3. The van der Waals surface area contributed by atoms with Crippen LogP contribution >= 0.6 is 11.6 Å². The van der Waals surface area contributed by atoms with Crippen molar-refractivity contribution in [2.24, 2.45) is 11.8 Å². The number of ether oxygens (including phenoxy) is 2. The number of carbonyl (C=O) groups is 4. The minimum Gasteiger partial charge on any atom is -0.463 e. The highest BCUT2D eigenvalue weighted by atomic mass is 35.5. The Morgan fingerprint density at radius 1 is 1.00 bits per heavy atom. The van der Waals surface area contributed by atoms with Crippen LogP contribution in [0.2, 0.25) is 5.02 Å². The number of amides is 3. The number of hydrogen-bond donors (Lipinski definition) is 2. The van der Waals surface area contributed by atoms with E-state index in [9.17, 15) is 24.3 Å². The summed E-state index contributed by atoms with van der Waals surface area (Å²) in [4.78, 5) is 57.9. The minimum atomic E-state index is -1.48. The second-order valence-electron chi connectivity index (χ2n) is 11.0. The van der Waals surface area contributed by atoms with Gasteiger partial charge in [-0.15, -0.1) is 0 Å². The van der Waals surface area contributed by atoms with Crippen molar-refractivity contribution < 1.29 is 33.8 Å². The molecule has 2 fully saturated rings. The van der Waals surface area contributed by atoms with Gasteiger partial charge in [-0.25, -0.2) is 0 Å². The maximum absolute atomic E-state index is 14.3. The molecular formula is C32H32ClN3O7. The number of aliphatic hydroxyl groups excluding tert-OH is 1. The molecule has 0 aliphatic carbocycles. The van der Waals surface area contributed by atoms with Crippen LogP contribution in [-0.2, 0) is 28.7 Å². The maximum atomic E-state index is 14.3. The van der Waals surface area contributed by atoms with Crippen molar-refractivity contribution in [2.45, 2.75) is 36.6 Å². The number of β-amino-alcohol motifs (C(OH)–C–C–N with tert-alkyl or cyclic N) is 1. The van der Waals surface area contributed by atoms with Crippen LogP contribution in [0.25, 0.3) is 0 Å². The Kier molecular flexibility index (Phi) is 8.09. The number of aliphatic hydroxyl groups is 1. The number of nitrogens with zero attached hydrogens (tertiary/aromatic N) is 2. The minimum absolute atomic E-state index is 0.0786. The molecular weight excluding hydrogens is 574 g/mol. The Balaban J connectivity index is 1.43. The number of esters is 1. The van der Waals surface area contributed by atoms with Gasteiger partial charge >= 0.3 is 5.97 Å². The van der Waals surface area contributed by atoms with Crippen molar-refractivity contribution in [3.8, 4) is 0 Å². The van der Waals surface area contributed by atoms with Crippen LogP contribution in [0.4, 0.5) is 5.69 Å². The zero-order chi connectivity index (χ0) is 30.1. The van der Waals surface area contributed by atoms with E-state index in [1.165, 1.54) is 9.80 Å². The molecule has 6 atom stereocenters. The van der Waals surface area contributed by atoms with Crippen LogP contribution in [0.3, 0.4) is 0 Å². The molecule has 224 valence electrons. The molecule has 2 N–H and O–H groups in total. The lowest BCUT2D eigenvalue weighted by Crippen LogP contribution is -2.55. The van der Waals surface area contributed by atoms with Crippen molar-refractivity contribution in [2.75, 3.05) is 31.2 Å². The smallest absolute Gasteiger partial charge is 0.306 e. The van der Waals surface area contributed by atoms with E-state index in [0.717, 1.165) is 5.56 Å².